The van der Waals surface area contributed by atoms with Gasteiger partial charge in [0.2, 0.25) is 0 Å². The van der Waals surface area contributed by atoms with E-state index in [1.807, 2.05) is 24.3 Å². The molecule has 0 saturated heterocycles. The first-order valence-corrected chi connectivity index (χ1v) is 5.20. The van der Waals surface area contributed by atoms with E-state index in [1.165, 1.54) is 5.56 Å². The van der Waals surface area contributed by atoms with E-state index in [2.05, 4.69) is 19.9 Å². The van der Waals surface area contributed by atoms with Crippen molar-refractivity contribution >= 4 is 0 Å². The molecule has 2 heteroatoms. The normalized spacial score (nSPS) is 12.2. The molecule has 0 bridgehead atoms. The molecule has 2 nitrogen and oxygen atoms in total. The van der Waals surface area contributed by atoms with Crippen LogP contribution >= 0.6 is 0 Å². The third-order valence-electron chi connectivity index (χ3n) is 2.66. The summed E-state index contributed by atoms with van der Waals surface area (Å²) in [4.78, 5) is 0. The standard InChI is InChI=1S/C13H17NO/c1-10(2)13(8-9-14)11-4-6-12(15-3)7-5-11/h4-7,10,13H,8H2,1-3H3/t13-/m0/s1. The molecule has 1 aromatic carbocycles. The molecule has 0 saturated carbocycles. The van der Waals surface area contributed by atoms with Crippen LogP contribution in [0.5, 0.6) is 5.75 Å². The van der Waals surface area contributed by atoms with Gasteiger partial charge in [-0.3, -0.25) is 0 Å². The Morgan fingerprint density at radius 1 is 1.27 bits per heavy atom. The van der Waals surface area contributed by atoms with Crippen LogP contribution in [0.2, 0.25) is 0 Å². The molecule has 15 heavy (non-hydrogen) atoms. The van der Waals surface area contributed by atoms with Crippen LogP contribution in [-0.4, -0.2) is 7.11 Å². The van der Waals surface area contributed by atoms with Crippen molar-refractivity contribution in [1.29, 1.82) is 5.26 Å². The van der Waals surface area contributed by atoms with Crippen LogP contribution in [0, 0.1) is 17.2 Å². The van der Waals surface area contributed by atoms with Crippen LogP contribution in [-0.2, 0) is 0 Å². The van der Waals surface area contributed by atoms with Crippen LogP contribution in [0.3, 0.4) is 0 Å². The summed E-state index contributed by atoms with van der Waals surface area (Å²) in [6, 6.07) is 10.2. The zero-order valence-corrected chi connectivity index (χ0v) is 9.53. The topological polar surface area (TPSA) is 33.0 Å². The summed E-state index contributed by atoms with van der Waals surface area (Å²) in [6.45, 7) is 4.29. The summed E-state index contributed by atoms with van der Waals surface area (Å²) in [7, 11) is 1.66. The maximum absolute atomic E-state index is 8.77. The van der Waals surface area contributed by atoms with E-state index in [1.54, 1.807) is 7.11 Å². The molecular formula is C13H17NO. The zero-order chi connectivity index (χ0) is 11.3. The van der Waals surface area contributed by atoms with Gasteiger partial charge in [0.05, 0.1) is 13.2 Å². The lowest BCUT2D eigenvalue weighted by Crippen LogP contribution is -2.05. The Hall–Kier alpha value is -1.49. The fourth-order valence-electron chi connectivity index (χ4n) is 1.69. The smallest absolute Gasteiger partial charge is 0.118 e. The molecule has 1 atom stereocenters. The van der Waals surface area contributed by atoms with Crippen LogP contribution in [0.1, 0.15) is 31.7 Å². The van der Waals surface area contributed by atoms with Gasteiger partial charge in [-0.15, -0.1) is 0 Å². The van der Waals surface area contributed by atoms with Crippen molar-refractivity contribution < 1.29 is 4.74 Å². The molecular weight excluding hydrogens is 186 g/mol. The minimum Gasteiger partial charge on any atom is -0.497 e. The third kappa shape index (κ3) is 2.99. The summed E-state index contributed by atoms with van der Waals surface area (Å²) in [6.07, 6.45) is 0.573. The van der Waals surface area contributed by atoms with Gasteiger partial charge in [-0.25, -0.2) is 0 Å². The van der Waals surface area contributed by atoms with E-state index >= 15 is 0 Å². The molecule has 0 aliphatic heterocycles. The lowest BCUT2D eigenvalue weighted by atomic mass is 9.86. The number of nitrogens with zero attached hydrogens (tertiary/aromatic N) is 1. The van der Waals surface area contributed by atoms with Crippen LogP contribution < -0.4 is 4.74 Å². The van der Waals surface area contributed by atoms with Crippen molar-refractivity contribution in [3.63, 3.8) is 0 Å². The van der Waals surface area contributed by atoms with Gasteiger partial charge >= 0.3 is 0 Å². The van der Waals surface area contributed by atoms with Gasteiger partial charge in [-0.05, 0) is 29.5 Å². The highest BCUT2D eigenvalue weighted by Crippen LogP contribution is 2.28. The molecule has 0 spiro atoms. The van der Waals surface area contributed by atoms with Crippen molar-refractivity contribution in [2.24, 2.45) is 5.92 Å². The number of ether oxygens (including phenoxy) is 1. The van der Waals surface area contributed by atoms with Crippen LogP contribution in [0.25, 0.3) is 0 Å². The van der Waals surface area contributed by atoms with Crippen LogP contribution in [0.4, 0.5) is 0 Å². The van der Waals surface area contributed by atoms with E-state index in [0.717, 1.165) is 5.75 Å². The average molecular weight is 203 g/mol. The lowest BCUT2D eigenvalue weighted by Gasteiger charge is -2.18. The predicted molar refractivity (Wildman–Crippen MR) is 60.8 cm³/mol. The molecule has 0 amide bonds. The first kappa shape index (κ1) is 11.6. The minimum atomic E-state index is 0.320. The molecule has 0 fully saturated rings. The molecule has 1 aromatic rings. The maximum Gasteiger partial charge on any atom is 0.118 e. The molecule has 0 N–H and O–H groups in total. The largest absolute Gasteiger partial charge is 0.497 e. The van der Waals surface area contributed by atoms with Crippen molar-refractivity contribution in [3.8, 4) is 11.8 Å². The van der Waals surface area contributed by atoms with Gasteiger partial charge in [-0.1, -0.05) is 26.0 Å². The van der Waals surface area contributed by atoms with Gasteiger partial charge in [-0.2, -0.15) is 5.26 Å². The van der Waals surface area contributed by atoms with E-state index < -0.39 is 0 Å². The number of benzene rings is 1. The molecule has 0 aliphatic carbocycles. The monoisotopic (exact) mass is 203 g/mol. The molecule has 1 rings (SSSR count). The zero-order valence-electron chi connectivity index (χ0n) is 9.53. The van der Waals surface area contributed by atoms with Gasteiger partial charge in [0, 0.05) is 6.42 Å². The second-order valence-corrected chi connectivity index (χ2v) is 3.99. The van der Waals surface area contributed by atoms with Crippen molar-refractivity contribution in [3.05, 3.63) is 29.8 Å². The maximum atomic E-state index is 8.77. The second-order valence-electron chi connectivity index (χ2n) is 3.99. The molecule has 0 unspecified atom stereocenters. The van der Waals surface area contributed by atoms with Crippen molar-refractivity contribution in [2.45, 2.75) is 26.2 Å². The van der Waals surface area contributed by atoms with Crippen molar-refractivity contribution in [1.82, 2.24) is 0 Å². The quantitative estimate of drug-likeness (QED) is 0.751. The van der Waals surface area contributed by atoms with Gasteiger partial charge in [0.25, 0.3) is 0 Å². The Bertz CT molecular complexity index is 335. The van der Waals surface area contributed by atoms with Gasteiger partial charge in [0.1, 0.15) is 5.75 Å². The molecule has 0 radical (unpaired) electrons. The number of nitriles is 1. The molecule has 0 aliphatic rings. The van der Waals surface area contributed by atoms with E-state index in [-0.39, 0.29) is 0 Å². The Balaban J connectivity index is 2.87. The summed E-state index contributed by atoms with van der Waals surface area (Å²) in [5.74, 6) is 1.66. The molecule has 80 valence electrons. The Labute approximate surface area is 91.5 Å². The lowest BCUT2D eigenvalue weighted by molar-refractivity contribution is 0.414. The predicted octanol–water partition coefficient (Wildman–Crippen LogP) is 3.35. The first-order chi connectivity index (χ1) is 7.19. The Kier molecular flexibility index (Phi) is 4.17. The van der Waals surface area contributed by atoms with Crippen molar-refractivity contribution in [2.75, 3.05) is 7.11 Å². The first-order valence-electron chi connectivity index (χ1n) is 5.20. The second kappa shape index (κ2) is 5.41. The molecule has 0 aromatic heterocycles. The third-order valence-corrected chi connectivity index (χ3v) is 2.66. The highest BCUT2D eigenvalue weighted by atomic mass is 16.5. The highest BCUT2D eigenvalue weighted by molar-refractivity contribution is 5.30. The Morgan fingerprint density at radius 3 is 2.27 bits per heavy atom. The number of methoxy groups -OCH3 is 1. The fraction of sp³-hybridized carbons (Fsp3) is 0.462. The summed E-state index contributed by atoms with van der Waals surface area (Å²) in [5.41, 5.74) is 1.22. The molecule has 0 heterocycles. The number of hydrogen-bond donors (Lipinski definition) is 0. The average Bonchev–Trinajstić information content (AvgIpc) is 2.26. The van der Waals surface area contributed by atoms with Gasteiger partial charge in [0.15, 0.2) is 0 Å². The van der Waals surface area contributed by atoms with E-state index in [9.17, 15) is 0 Å². The Morgan fingerprint density at radius 2 is 1.87 bits per heavy atom. The fourth-order valence-corrected chi connectivity index (χ4v) is 1.69. The summed E-state index contributed by atoms with van der Waals surface area (Å²) >= 11 is 0. The van der Waals surface area contributed by atoms with Crippen LogP contribution in [0.15, 0.2) is 24.3 Å². The summed E-state index contributed by atoms with van der Waals surface area (Å²) in [5, 5.41) is 8.77. The summed E-state index contributed by atoms with van der Waals surface area (Å²) < 4.78 is 5.10. The minimum absolute atomic E-state index is 0.320. The van der Waals surface area contributed by atoms with Gasteiger partial charge < -0.3 is 4.74 Å². The number of hydrogen-bond acceptors (Lipinski definition) is 2. The van der Waals surface area contributed by atoms with E-state index in [0.29, 0.717) is 18.3 Å². The number of rotatable bonds is 4. The highest BCUT2D eigenvalue weighted by Gasteiger charge is 2.15. The van der Waals surface area contributed by atoms with E-state index in [4.69, 9.17) is 10.00 Å². The SMILES string of the molecule is COc1ccc([C@@H](CC#N)C(C)C)cc1.